The minimum absolute atomic E-state index is 0.567. The van der Waals surface area contributed by atoms with Crippen molar-refractivity contribution >= 4 is 23.4 Å². The van der Waals surface area contributed by atoms with Crippen molar-refractivity contribution in [2.24, 2.45) is 0 Å². The second kappa shape index (κ2) is 8.30. The van der Waals surface area contributed by atoms with Crippen LogP contribution in [0.2, 0.25) is 0 Å². The number of rotatable bonds is 5. The maximum atomic E-state index is 5.46. The number of anilines is 4. The lowest BCUT2D eigenvalue weighted by Crippen LogP contribution is -2.47. The van der Waals surface area contributed by atoms with Crippen LogP contribution in [0.3, 0.4) is 0 Å². The molecule has 0 amide bonds. The van der Waals surface area contributed by atoms with Gasteiger partial charge in [0.1, 0.15) is 11.6 Å². The van der Waals surface area contributed by atoms with Crippen LogP contribution in [0.1, 0.15) is 11.3 Å². The van der Waals surface area contributed by atoms with E-state index in [1.54, 1.807) is 19.5 Å². The lowest BCUT2D eigenvalue weighted by Gasteiger charge is -2.35. The molecule has 8 nitrogen and oxygen atoms in total. The molecule has 0 aliphatic carbocycles. The number of benzene rings is 1. The summed E-state index contributed by atoms with van der Waals surface area (Å²) in [5.74, 6) is 3.02. The van der Waals surface area contributed by atoms with Crippen molar-refractivity contribution in [1.29, 1.82) is 0 Å². The Morgan fingerprint density at radius 1 is 0.931 bits per heavy atom. The van der Waals surface area contributed by atoms with Gasteiger partial charge in [-0.05, 0) is 37.6 Å². The van der Waals surface area contributed by atoms with Crippen LogP contribution in [0.25, 0.3) is 0 Å². The summed E-state index contributed by atoms with van der Waals surface area (Å²) in [5.41, 5.74) is 2.91. The predicted octanol–water partition coefficient (Wildman–Crippen LogP) is 2.96. The highest BCUT2D eigenvalue weighted by Gasteiger charge is 2.20. The molecule has 8 heteroatoms. The molecule has 0 spiro atoms. The van der Waals surface area contributed by atoms with E-state index in [1.165, 1.54) is 0 Å². The van der Waals surface area contributed by atoms with Gasteiger partial charge in [-0.25, -0.2) is 15.0 Å². The largest absolute Gasteiger partial charge is 0.495 e. The third-order valence-electron chi connectivity index (χ3n) is 4.88. The first-order valence-corrected chi connectivity index (χ1v) is 9.66. The molecule has 0 saturated carbocycles. The zero-order valence-electron chi connectivity index (χ0n) is 17.0. The van der Waals surface area contributed by atoms with Gasteiger partial charge in [-0.2, -0.15) is 4.98 Å². The molecule has 4 rings (SSSR count). The smallest absolute Gasteiger partial charge is 0.229 e. The highest BCUT2D eigenvalue weighted by molar-refractivity contribution is 5.64. The van der Waals surface area contributed by atoms with Crippen molar-refractivity contribution in [3.8, 4) is 5.75 Å². The number of ether oxygens (including phenoxy) is 1. The number of aryl methyl sites for hydroxylation is 2. The summed E-state index contributed by atoms with van der Waals surface area (Å²) < 4.78 is 5.46. The zero-order chi connectivity index (χ0) is 20.2. The maximum Gasteiger partial charge on any atom is 0.229 e. The highest BCUT2D eigenvalue weighted by Crippen LogP contribution is 2.28. The van der Waals surface area contributed by atoms with Crippen LogP contribution in [-0.4, -0.2) is 53.2 Å². The van der Waals surface area contributed by atoms with Gasteiger partial charge in [0.15, 0.2) is 0 Å². The lowest BCUT2D eigenvalue weighted by atomic mass is 10.2. The van der Waals surface area contributed by atoms with Crippen molar-refractivity contribution in [3.63, 3.8) is 0 Å². The molecule has 0 unspecified atom stereocenters. The average molecular weight is 391 g/mol. The Labute approximate surface area is 170 Å². The highest BCUT2D eigenvalue weighted by atomic mass is 16.5. The third kappa shape index (κ3) is 4.37. The van der Waals surface area contributed by atoms with E-state index in [9.17, 15) is 0 Å². The number of hydrogen-bond acceptors (Lipinski definition) is 8. The van der Waals surface area contributed by atoms with Gasteiger partial charge in [-0.3, -0.25) is 0 Å². The van der Waals surface area contributed by atoms with Crippen LogP contribution >= 0.6 is 0 Å². The number of nitrogens with zero attached hydrogens (tertiary/aromatic N) is 6. The molecule has 1 fully saturated rings. The Morgan fingerprint density at radius 2 is 1.66 bits per heavy atom. The first-order valence-electron chi connectivity index (χ1n) is 9.66. The van der Waals surface area contributed by atoms with E-state index in [2.05, 4.69) is 30.1 Å². The van der Waals surface area contributed by atoms with Gasteiger partial charge < -0.3 is 19.9 Å². The van der Waals surface area contributed by atoms with E-state index in [4.69, 9.17) is 9.72 Å². The quantitative estimate of drug-likeness (QED) is 0.711. The van der Waals surface area contributed by atoms with Gasteiger partial charge in [0.25, 0.3) is 0 Å². The number of piperazine rings is 1. The molecule has 0 radical (unpaired) electrons. The standard InChI is InChI=1S/C21H25N7O/c1-15-5-6-18(29-3)17(13-15)25-20-24-16(2)14-19(26-20)27-9-11-28(12-10-27)21-22-7-4-8-23-21/h4-8,13-14H,9-12H2,1-3H3,(H,24,25,26). The Morgan fingerprint density at radius 3 is 2.38 bits per heavy atom. The summed E-state index contributed by atoms with van der Waals surface area (Å²) in [5, 5.41) is 3.31. The van der Waals surface area contributed by atoms with Gasteiger partial charge in [0.2, 0.25) is 11.9 Å². The van der Waals surface area contributed by atoms with Crippen LogP contribution in [0.5, 0.6) is 5.75 Å². The molecule has 1 N–H and O–H groups in total. The fraction of sp³-hybridized carbons (Fsp3) is 0.333. The van der Waals surface area contributed by atoms with Crippen LogP contribution in [0.15, 0.2) is 42.7 Å². The van der Waals surface area contributed by atoms with Crippen molar-refractivity contribution in [2.75, 3.05) is 48.4 Å². The molecule has 29 heavy (non-hydrogen) atoms. The number of aromatic nitrogens is 4. The van der Waals surface area contributed by atoms with E-state index in [0.717, 1.165) is 60.6 Å². The van der Waals surface area contributed by atoms with Gasteiger partial charge >= 0.3 is 0 Å². The maximum absolute atomic E-state index is 5.46. The fourth-order valence-corrected chi connectivity index (χ4v) is 3.40. The molecule has 1 aliphatic heterocycles. The third-order valence-corrected chi connectivity index (χ3v) is 4.88. The summed E-state index contributed by atoms with van der Waals surface area (Å²) >= 11 is 0. The van der Waals surface area contributed by atoms with E-state index >= 15 is 0 Å². The predicted molar refractivity (Wildman–Crippen MR) is 114 cm³/mol. The zero-order valence-corrected chi connectivity index (χ0v) is 17.0. The summed E-state index contributed by atoms with van der Waals surface area (Å²) in [6.45, 7) is 7.42. The van der Waals surface area contributed by atoms with Crippen molar-refractivity contribution in [2.45, 2.75) is 13.8 Å². The summed E-state index contributed by atoms with van der Waals surface area (Å²) in [6.07, 6.45) is 3.56. The SMILES string of the molecule is COc1ccc(C)cc1Nc1nc(C)cc(N2CCN(c3ncccn3)CC2)n1. The molecular weight excluding hydrogens is 366 g/mol. The molecule has 3 aromatic rings. The molecule has 1 aromatic carbocycles. The molecule has 150 valence electrons. The van der Waals surface area contributed by atoms with Gasteiger partial charge in [0, 0.05) is 50.3 Å². The van der Waals surface area contributed by atoms with Gasteiger partial charge in [-0.15, -0.1) is 0 Å². The molecule has 1 aliphatic rings. The van der Waals surface area contributed by atoms with Crippen molar-refractivity contribution in [3.05, 3.63) is 54.0 Å². The first kappa shape index (κ1) is 18.9. The van der Waals surface area contributed by atoms with E-state index in [1.807, 2.05) is 44.2 Å². The minimum atomic E-state index is 0.567. The van der Waals surface area contributed by atoms with Gasteiger partial charge in [-0.1, -0.05) is 6.07 Å². The number of hydrogen-bond donors (Lipinski definition) is 1. The number of methoxy groups -OCH3 is 1. The summed E-state index contributed by atoms with van der Waals surface area (Å²) in [4.78, 5) is 22.5. The minimum Gasteiger partial charge on any atom is -0.495 e. The molecule has 2 aromatic heterocycles. The molecule has 0 atom stereocenters. The van der Waals surface area contributed by atoms with E-state index in [-0.39, 0.29) is 0 Å². The van der Waals surface area contributed by atoms with Crippen LogP contribution < -0.4 is 19.9 Å². The Kier molecular flexibility index (Phi) is 5.41. The van der Waals surface area contributed by atoms with Crippen molar-refractivity contribution < 1.29 is 4.74 Å². The molecule has 0 bridgehead atoms. The van der Waals surface area contributed by atoms with Crippen LogP contribution in [0, 0.1) is 13.8 Å². The second-order valence-electron chi connectivity index (χ2n) is 7.04. The fourth-order valence-electron chi connectivity index (χ4n) is 3.40. The average Bonchev–Trinajstić information content (AvgIpc) is 2.74. The Balaban J connectivity index is 1.50. The Bertz CT molecular complexity index is 972. The van der Waals surface area contributed by atoms with Crippen LogP contribution in [-0.2, 0) is 0 Å². The normalized spacial score (nSPS) is 14.0. The molecule has 1 saturated heterocycles. The monoisotopic (exact) mass is 391 g/mol. The topological polar surface area (TPSA) is 79.3 Å². The van der Waals surface area contributed by atoms with Crippen molar-refractivity contribution in [1.82, 2.24) is 19.9 Å². The first-order chi connectivity index (χ1) is 14.1. The van der Waals surface area contributed by atoms with E-state index < -0.39 is 0 Å². The van der Waals surface area contributed by atoms with Crippen LogP contribution in [0.4, 0.5) is 23.4 Å². The summed E-state index contributed by atoms with van der Waals surface area (Å²) in [6, 6.07) is 9.85. The number of nitrogens with one attached hydrogen (secondary N) is 1. The second-order valence-corrected chi connectivity index (χ2v) is 7.04. The molecule has 3 heterocycles. The Hall–Kier alpha value is -3.42. The summed E-state index contributed by atoms with van der Waals surface area (Å²) in [7, 11) is 1.66. The van der Waals surface area contributed by atoms with E-state index in [0.29, 0.717) is 5.95 Å². The van der Waals surface area contributed by atoms with Gasteiger partial charge in [0.05, 0.1) is 12.8 Å². The lowest BCUT2D eigenvalue weighted by molar-refractivity contribution is 0.416. The molecular formula is C21H25N7O.